The normalized spacial score (nSPS) is 10.8. The third-order valence-electron chi connectivity index (χ3n) is 2.85. The molecule has 1 aromatic rings. The van der Waals surface area contributed by atoms with E-state index in [2.05, 4.69) is 24.1 Å². The zero-order chi connectivity index (χ0) is 16.0. The first kappa shape index (κ1) is 16.9. The molecule has 0 bridgehead atoms. The third kappa shape index (κ3) is 5.81. The first-order valence-corrected chi connectivity index (χ1v) is 7.04. The van der Waals surface area contributed by atoms with Crippen LogP contribution in [0.5, 0.6) is 0 Å². The fourth-order valence-electron chi connectivity index (χ4n) is 1.87. The molecule has 0 saturated heterocycles. The van der Waals surface area contributed by atoms with Crippen molar-refractivity contribution in [3.05, 3.63) is 24.0 Å². The Morgan fingerprint density at radius 2 is 1.95 bits per heavy atom. The topological polar surface area (TPSA) is 82.5 Å². The Kier molecular flexibility index (Phi) is 6.14. The van der Waals surface area contributed by atoms with Crippen molar-refractivity contribution < 1.29 is 14.7 Å². The molecule has 0 spiro atoms. The van der Waals surface area contributed by atoms with Crippen molar-refractivity contribution in [1.29, 1.82) is 0 Å². The van der Waals surface area contributed by atoms with Crippen LogP contribution in [-0.2, 0) is 11.2 Å². The number of nitrogens with one attached hydrogen (secondary N) is 1. The summed E-state index contributed by atoms with van der Waals surface area (Å²) in [5.41, 5.74) is 1.02. The maximum absolute atomic E-state index is 12.2. The van der Waals surface area contributed by atoms with Gasteiger partial charge in [0.05, 0.1) is 24.0 Å². The summed E-state index contributed by atoms with van der Waals surface area (Å²) in [4.78, 5) is 28.6. The van der Waals surface area contributed by atoms with Gasteiger partial charge in [-0.25, -0.2) is 4.79 Å². The van der Waals surface area contributed by atoms with Crippen molar-refractivity contribution in [2.24, 2.45) is 5.92 Å². The Labute approximate surface area is 125 Å². The summed E-state index contributed by atoms with van der Waals surface area (Å²) < 4.78 is 0. The maximum atomic E-state index is 12.2. The fourth-order valence-corrected chi connectivity index (χ4v) is 1.87. The number of anilines is 1. The van der Waals surface area contributed by atoms with Crippen molar-refractivity contribution in [2.75, 3.05) is 11.9 Å². The van der Waals surface area contributed by atoms with E-state index in [1.165, 1.54) is 6.20 Å². The molecule has 0 fully saturated rings. The number of carbonyl (C=O) groups excluding carboxylic acids is 1. The average molecular weight is 293 g/mol. The summed E-state index contributed by atoms with van der Waals surface area (Å²) in [7, 11) is 0. The number of hydrogen-bond acceptors (Lipinski definition) is 3. The minimum Gasteiger partial charge on any atom is -0.481 e. The van der Waals surface area contributed by atoms with E-state index in [1.54, 1.807) is 17.0 Å². The molecule has 0 aromatic carbocycles. The largest absolute Gasteiger partial charge is 0.481 e. The lowest BCUT2D eigenvalue weighted by atomic mass is 10.2. The molecule has 1 rings (SSSR count). The molecule has 2 N–H and O–H groups in total. The molecular weight excluding hydrogens is 270 g/mol. The highest BCUT2D eigenvalue weighted by Gasteiger charge is 2.18. The Hall–Kier alpha value is -2.11. The zero-order valence-electron chi connectivity index (χ0n) is 13.0. The van der Waals surface area contributed by atoms with Gasteiger partial charge in [0.1, 0.15) is 0 Å². The molecule has 0 aliphatic heterocycles. The third-order valence-corrected chi connectivity index (χ3v) is 2.85. The molecule has 6 nitrogen and oxygen atoms in total. The van der Waals surface area contributed by atoms with Crippen LogP contribution < -0.4 is 5.32 Å². The second-order valence-corrected chi connectivity index (χ2v) is 5.68. The molecule has 0 unspecified atom stereocenters. The number of amides is 2. The highest BCUT2D eigenvalue weighted by Crippen LogP contribution is 2.11. The number of pyridine rings is 1. The van der Waals surface area contributed by atoms with Crippen LogP contribution in [0.1, 0.15) is 33.4 Å². The van der Waals surface area contributed by atoms with Crippen LogP contribution >= 0.6 is 0 Å². The van der Waals surface area contributed by atoms with Gasteiger partial charge in [-0.3, -0.25) is 9.78 Å². The molecule has 0 atom stereocenters. The highest BCUT2D eigenvalue weighted by molar-refractivity contribution is 5.89. The van der Waals surface area contributed by atoms with Crippen LogP contribution in [0.4, 0.5) is 10.5 Å². The summed E-state index contributed by atoms with van der Waals surface area (Å²) in [5.74, 6) is -0.545. The van der Waals surface area contributed by atoms with Crippen molar-refractivity contribution in [2.45, 2.75) is 40.2 Å². The van der Waals surface area contributed by atoms with Gasteiger partial charge in [0.25, 0.3) is 0 Å². The van der Waals surface area contributed by atoms with E-state index < -0.39 is 5.97 Å². The molecule has 1 aromatic heterocycles. The van der Waals surface area contributed by atoms with E-state index in [0.29, 0.717) is 23.8 Å². The van der Waals surface area contributed by atoms with E-state index >= 15 is 0 Å². The lowest BCUT2D eigenvalue weighted by Crippen LogP contribution is -2.42. The van der Waals surface area contributed by atoms with Crippen molar-refractivity contribution in [1.82, 2.24) is 9.88 Å². The standard InChI is InChI=1S/C15H23N3O3/c1-10(2)9-18(11(3)4)15(21)17-13-6-5-12(16-8-13)7-14(19)20/h5-6,8,10-11H,7,9H2,1-4H3,(H,17,21)(H,19,20). The lowest BCUT2D eigenvalue weighted by molar-refractivity contribution is -0.136. The summed E-state index contributed by atoms with van der Waals surface area (Å²) in [6.07, 6.45) is 1.35. The minimum absolute atomic E-state index is 0.103. The van der Waals surface area contributed by atoms with Gasteiger partial charge in [-0.2, -0.15) is 0 Å². The number of carboxylic acid groups (broad SMARTS) is 1. The second kappa shape index (κ2) is 7.61. The number of hydrogen-bond donors (Lipinski definition) is 2. The number of carboxylic acids is 1. The molecule has 116 valence electrons. The monoisotopic (exact) mass is 293 g/mol. The lowest BCUT2D eigenvalue weighted by Gasteiger charge is -2.28. The van der Waals surface area contributed by atoms with Crippen molar-refractivity contribution >= 4 is 17.7 Å². The number of rotatable bonds is 6. The first-order chi connectivity index (χ1) is 9.79. The second-order valence-electron chi connectivity index (χ2n) is 5.68. The van der Waals surface area contributed by atoms with Gasteiger partial charge in [-0.15, -0.1) is 0 Å². The van der Waals surface area contributed by atoms with Gasteiger partial charge < -0.3 is 15.3 Å². The van der Waals surface area contributed by atoms with Gasteiger partial charge >= 0.3 is 12.0 Å². The van der Waals surface area contributed by atoms with Crippen molar-refractivity contribution in [3.63, 3.8) is 0 Å². The van der Waals surface area contributed by atoms with Crippen LogP contribution in [0.3, 0.4) is 0 Å². The van der Waals surface area contributed by atoms with Gasteiger partial charge in [0, 0.05) is 12.6 Å². The summed E-state index contributed by atoms with van der Waals surface area (Å²) in [6.45, 7) is 8.73. The molecule has 2 amide bonds. The Morgan fingerprint density at radius 3 is 2.38 bits per heavy atom. The van der Waals surface area contributed by atoms with Crippen LogP contribution in [0.2, 0.25) is 0 Å². The smallest absolute Gasteiger partial charge is 0.322 e. The van der Waals surface area contributed by atoms with Gasteiger partial charge in [0.2, 0.25) is 0 Å². The molecule has 0 saturated carbocycles. The molecule has 0 aliphatic carbocycles. The van der Waals surface area contributed by atoms with Crippen LogP contribution in [0.25, 0.3) is 0 Å². The Balaban J connectivity index is 2.70. The average Bonchev–Trinajstić information content (AvgIpc) is 2.37. The molecule has 0 aliphatic rings. The Morgan fingerprint density at radius 1 is 1.29 bits per heavy atom. The van der Waals surface area contributed by atoms with Crippen LogP contribution in [0, 0.1) is 5.92 Å². The maximum Gasteiger partial charge on any atom is 0.322 e. The van der Waals surface area contributed by atoms with Gasteiger partial charge in [-0.05, 0) is 31.9 Å². The number of urea groups is 1. The van der Waals surface area contributed by atoms with E-state index in [0.717, 1.165) is 0 Å². The highest BCUT2D eigenvalue weighted by atomic mass is 16.4. The number of aliphatic carboxylic acids is 1. The van der Waals surface area contributed by atoms with Crippen LogP contribution in [-0.4, -0.2) is 39.6 Å². The van der Waals surface area contributed by atoms with E-state index in [-0.39, 0.29) is 18.5 Å². The molecule has 1 heterocycles. The number of carbonyl (C=O) groups is 2. The van der Waals surface area contributed by atoms with Gasteiger partial charge in [0.15, 0.2) is 0 Å². The number of aromatic nitrogens is 1. The van der Waals surface area contributed by atoms with E-state index in [9.17, 15) is 9.59 Å². The number of nitrogens with zero attached hydrogens (tertiary/aromatic N) is 2. The van der Waals surface area contributed by atoms with Crippen LogP contribution in [0.15, 0.2) is 18.3 Å². The zero-order valence-corrected chi connectivity index (χ0v) is 13.0. The van der Waals surface area contributed by atoms with Gasteiger partial charge in [-0.1, -0.05) is 13.8 Å². The van der Waals surface area contributed by atoms with Crippen molar-refractivity contribution in [3.8, 4) is 0 Å². The van der Waals surface area contributed by atoms with E-state index in [4.69, 9.17) is 5.11 Å². The van der Waals surface area contributed by atoms with E-state index in [1.807, 2.05) is 13.8 Å². The Bertz CT molecular complexity index is 483. The predicted octanol–water partition coefficient (Wildman–Crippen LogP) is 2.61. The summed E-state index contributed by atoms with van der Waals surface area (Å²) in [5, 5.41) is 11.5. The first-order valence-electron chi connectivity index (χ1n) is 7.04. The minimum atomic E-state index is -0.929. The molecule has 6 heteroatoms. The summed E-state index contributed by atoms with van der Waals surface area (Å²) >= 11 is 0. The quantitative estimate of drug-likeness (QED) is 0.844. The predicted molar refractivity (Wildman–Crippen MR) is 81.3 cm³/mol. The summed E-state index contributed by atoms with van der Waals surface area (Å²) in [6, 6.07) is 3.20. The SMILES string of the molecule is CC(C)CN(C(=O)Nc1ccc(CC(=O)O)nc1)C(C)C. The molecule has 21 heavy (non-hydrogen) atoms. The fraction of sp³-hybridized carbons (Fsp3) is 0.533. The molecular formula is C15H23N3O3. The molecule has 0 radical (unpaired) electrons.